The van der Waals surface area contributed by atoms with E-state index in [1.165, 1.54) is 23.1 Å². The molecule has 1 aliphatic heterocycles. The molecule has 3 aromatic carbocycles. The second-order valence-corrected chi connectivity index (χ2v) is 8.25. The first kappa shape index (κ1) is 21.9. The van der Waals surface area contributed by atoms with Gasteiger partial charge in [0.25, 0.3) is 5.91 Å². The minimum Gasteiger partial charge on any atom is -0.483 e. The largest absolute Gasteiger partial charge is 0.483 e. The van der Waals surface area contributed by atoms with Crippen LogP contribution in [-0.4, -0.2) is 45.6 Å². The highest BCUT2D eigenvalue weighted by atomic mass is 35.5. The SMILES string of the molecule is O=C(O)c1cc(OCC(=O)N2Cc3ccccc3CC2C(=O)O)c2c(Cl)cc(Cl)cc2c1. The summed E-state index contributed by atoms with van der Waals surface area (Å²) >= 11 is 12.3. The number of hydrogen-bond donors (Lipinski definition) is 2. The van der Waals surface area contributed by atoms with E-state index in [-0.39, 0.29) is 29.3 Å². The number of ether oxygens (including phenoxy) is 1. The first-order valence-corrected chi connectivity index (χ1v) is 10.4. The van der Waals surface area contributed by atoms with Gasteiger partial charge in [-0.3, -0.25) is 4.79 Å². The second-order valence-electron chi connectivity index (χ2n) is 7.40. The topological polar surface area (TPSA) is 104 Å². The van der Waals surface area contributed by atoms with Crippen LogP contribution in [0.1, 0.15) is 21.5 Å². The van der Waals surface area contributed by atoms with Crippen LogP contribution in [0.4, 0.5) is 0 Å². The summed E-state index contributed by atoms with van der Waals surface area (Å²) in [6, 6.07) is 12.1. The summed E-state index contributed by atoms with van der Waals surface area (Å²) in [5, 5.41) is 20.5. The number of amides is 1. The third-order valence-corrected chi connectivity index (χ3v) is 5.90. The van der Waals surface area contributed by atoms with Crippen molar-refractivity contribution in [2.75, 3.05) is 6.61 Å². The number of halogens is 2. The van der Waals surface area contributed by atoms with Gasteiger partial charge in [-0.15, -0.1) is 0 Å². The van der Waals surface area contributed by atoms with E-state index in [0.29, 0.717) is 15.8 Å². The number of carboxylic acids is 2. The highest BCUT2D eigenvalue weighted by molar-refractivity contribution is 6.39. The molecule has 9 heteroatoms. The van der Waals surface area contributed by atoms with Crippen molar-refractivity contribution in [3.8, 4) is 5.75 Å². The number of rotatable bonds is 5. The Hall–Kier alpha value is -3.29. The maximum Gasteiger partial charge on any atom is 0.335 e. The Morgan fingerprint density at radius 2 is 1.75 bits per heavy atom. The number of hydrogen-bond acceptors (Lipinski definition) is 4. The number of aliphatic carboxylic acids is 1. The smallest absolute Gasteiger partial charge is 0.335 e. The van der Waals surface area contributed by atoms with Crippen LogP contribution in [0.5, 0.6) is 5.75 Å². The molecule has 0 aromatic heterocycles. The number of benzene rings is 3. The third-order valence-electron chi connectivity index (χ3n) is 5.38. The van der Waals surface area contributed by atoms with Gasteiger partial charge in [-0.05, 0) is 40.8 Å². The predicted octanol–water partition coefficient (Wildman–Crippen LogP) is 4.26. The monoisotopic (exact) mass is 473 g/mol. The maximum absolute atomic E-state index is 13.0. The van der Waals surface area contributed by atoms with Crippen molar-refractivity contribution >= 4 is 51.8 Å². The zero-order valence-electron chi connectivity index (χ0n) is 16.5. The quantitative estimate of drug-likeness (QED) is 0.573. The van der Waals surface area contributed by atoms with Crippen molar-refractivity contribution in [3.63, 3.8) is 0 Å². The summed E-state index contributed by atoms with van der Waals surface area (Å²) in [7, 11) is 0. The van der Waals surface area contributed by atoms with Crippen molar-refractivity contribution in [3.05, 3.63) is 75.3 Å². The Bertz CT molecular complexity index is 1260. The van der Waals surface area contributed by atoms with Gasteiger partial charge >= 0.3 is 11.9 Å². The van der Waals surface area contributed by atoms with Crippen LogP contribution in [-0.2, 0) is 22.6 Å². The molecule has 1 atom stereocenters. The van der Waals surface area contributed by atoms with E-state index in [2.05, 4.69) is 0 Å². The Kier molecular flexibility index (Phi) is 5.95. The molecule has 0 radical (unpaired) electrons. The summed E-state index contributed by atoms with van der Waals surface area (Å²) in [6.45, 7) is -0.343. The van der Waals surface area contributed by atoms with Gasteiger partial charge in [0.15, 0.2) is 6.61 Å². The summed E-state index contributed by atoms with van der Waals surface area (Å²) in [4.78, 5) is 37.5. The average Bonchev–Trinajstić information content (AvgIpc) is 2.75. The molecule has 1 aliphatic rings. The summed E-state index contributed by atoms with van der Waals surface area (Å²) in [5.41, 5.74) is 1.69. The van der Waals surface area contributed by atoms with Gasteiger partial charge < -0.3 is 19.8 Å². The molecule has 0 saturated heterocycles. The fraction of sp³-hybridized carbons (Fsp3) is 0.174. The van der Waals surface area contributed by atoms with Gasteiger partial charge in [-0.1, -0.05) is 47.5 Å². The van der Waals surface area contributed by atoms with E-state index in [0.717, 1.165) is 11.1 Å². The zero-order chi connectivity index (χ0) is 23.0. The van der Waals surface area contributed by atoms with Crippen LogP contribution >= 0.6 is 23.2 Å². The lowest BCUT2D eigenvalue weighted by Crippen LogP contribution is -2.50. The third kappa shape index (κ3) is 4.22. The van der Waals surface area contributed by atoms with Crippen molar-refractivity contribution in [1.82, 2.24) is 4.90 Å². The molecule has 4 rings (SSSR count). The second kappa shape index (κ2) is 8.68. The lowest BCUT2D eigenvalue weighted by Gasteiger charge is -2.34. The molecule has 0 spiro atoms. The molecule has 2 N–H and O–H groups in total. The average molecular weight is 474 g/mol. The Morgan fingerprint density at radius 3 is 2.44 bits per heavy atom. The van der Waals surface area contributed by atoms with Crippen molar-refractivity contribution in [2.24, 2.45) is 0 Å². The molecule has 32 heavy (non-hydrogen) atoms. The molecule has 0 saturated carbocycles. The van der Waals surface area contributed by atoms with E-state index >= 15 is 0 Å². The zero-order valence-corrected chi connectivity index (χ0v) is 18.1. The van der Waals surface area contributed by atoms with Crippen LogP contribution in [0.15, 0.2) is 48.5 Å². The Labute approximate surface area is 192 Å². The maximum atomic E-state index is 13.0. The van der Waals surface area contributed by atoms with E-state index in [1.807, 2.05) is 24.3 Å². The molecule has 1 unspecified atom stereocenters. The predicted molar refractivity (Wildman–Crippen MR) is 119 cm³/mol. The molecule has 3 aromatic rings. The molecule has 0 fully saturated rings. The van der Waals surface area contributed by atoms with Gasteiger partial charge in [-0.2, -0.15) is 0 Å². The molecule has 1 heterocycles. The summed E-state index contributed by atoms with van der Waals surface area (Å²) in [6.07, 6.45) is 0.193. The van der Waals surface area contributed by atoms with Crippen LogP contribution in [0.2, 0.25) is 10.0 Å². The standard InChI is InChI=1S/C23H17Cl2NO6/c24-16-6-14-5-15(22(28)29)8-19(21(14)17(25)9-16)32-11-20(27)26-10-13-4-2-1-3-12(13)7-18(26)23(30)31/h1-6,8-9,18H,7,10-11H2,(H,28,29)(H,30,31). The Balaban J connectivity index is 1.64. The number of nitrogens with zero attached hydrogens (tertiary/aromatic N) is 1. The number of carbonyl (C=O) groups excluding carboxylic acids is 1. The first-order chi connectivity index (χ1) is 15.2. The molecule has 0 aliphatic carbocycles. The summed E-state index contributed by atoms with van der Waals surface area (Å²) < 4.78 is 5.69. The van der Waals surface area contributed by atoms with E-state index in [4.69, 9.17) is 27.9 Å². The molecule has 164 valence electrons. The van der Waals surface area contributed by atoms with Gasteiger partial charge in [0.2, 0.25) is 0 Å². The lowest BCUT2D eigenvalue weighted by molar-refractivity contribution is -0.152. The highest BCUT2D eigenvalue weighted by Crippen LogP contribution is 2.36. The van der Waals surface area contributed by atoms with E-state index in [1.54, 1.807) is 6.07 Å². The van der Waals surface area contributed by atoms with Gasteiger partial charge in [0.05, 0.1) is 10.6 Å². The van der Waals surface area contributed by atoms with E-state index in [9.17, 15) is 24.6 Å². The number of fused-ring (bicyclic) bond motifs is 2. The number of aromatic carboxylic acids is 1. The normalized spacial score (nSPS) is 15.3. The van der Waals surface area contributed by atoms with Crippen molar-refractivity contribution in [1.29, 1.82) is 0 Å². The fourth-order valence-electron chi connectivity index (χ4n) is 3.86. The lowest BCUT2D eigenvalue weighted by atomic mass is 9.94. The molecule has 0 bridgehead atoms. The Morgan fingerprint density at radius 1 is 1.03 bits per heavy atom. The van der Waals surface area contributed by atoms with Gasteiger partial charge in [0, 0.05) is 23.4 Å². The highest BCUT2D eigenvalue weighted by Gasteiger charge is 2.34. The number of carbonyl (C=O) groups is 3. The number of carboxylic acid groups (broad SMARTS) is 2. The van der Waals surface area contributed by atoms with Crippen LogP contribution < -0.4 is 4.74 Å². The molecule has 1 amide bonds. The molecule has 7 nitrogen and oxygen atoms in total. The van der Waals surface area contributed by atoms with Crippen molar-refractivity contribution < 1.29 is 29.3 Å². The minimum atomic E-state index is -1.18. The van der Waals surface area contributed by atoms with Crippen LogP contribution in [0.3, 0.4) is 0 Å². The van der Waals surface area contributed by atoms with Gasteiger partial charge in [0.1, 0.15) is 11.8 Å². The molecular weight excluding hydrogens is 457 g/mol. The van der Waals surface area contributed by atoms with Crippen LogP contribution in [0.25, 0.3) is 10.8 Å². The fourth-order valence-corrected chi connectivity index (χ4v) is 4.46. The van der Waals surface area contributed by atoms with Gasteiger partial charge in [-0.25, -0.2) is 9.59 Å². The van der Waals surface area contributed by atoms with Crippen LogP contribution in [0, 0.1) is 0 Å². The minimum absolute atomic E-state index is 0.0615. The van der Waals surface area contributed by atoms with Crippen molar-refractivity contribution in [2.45, 2.75) is 19.0 Å². The van der Waals surface area contributed by atoms with E-state index < -0.39 is 30.5 Å². The molecular formula is C23H17Cl2NO6. The first-order valence-electron chi connectivity index (χ1n) is 9.62. The summed E-state index contributed by atoms with van der Waals surface area (Å²) in [5.74, 6) is -2.73.